The van der Waals surface area contributed by atoms with Gasteiger partial charge in [-0.15, -0.1) is 0 Å². The molecule has 1 atom stereocenters. The number of benzene rings is 3. The molecule has 0 saturated carbocycles. The lowest BCUT2D eigenvalue weighted by atomic mass is 9.93. The molecule has 0 aliphatic heterocycles. The molecule has 0 aliphatic carbocycles. The van der Waals surface area contributed by atoms with Crippen molar-refractivity contribution >= 4 is 28.5 Å². The van der Waals surface area contributed by atoms with Gasteiger partial charge < -0.3 is 10.2 Å². The van der Waals surface area contributed by atoms with Crippen LogP contribution in [0.3, 0.4) is 0 Å². The zero-order valence-electron chi connectivity index (χ0n) is 13.3. The number of aromatic hydroxyl groups is 1. The van der Waals surface area contributed by atoms with Crippen molar-refractivity contribution in [1.29, 1.82) is 0 Å². The van der Waals surface area contributed by atoms with E-state index in [-0.39, 0.29) is 5.75 Å². The monoisotopic (exact) mass is 338 g/mol. The van der Waals surface area contributed by atoms with Gasteiger partial charge in [0.25, 0.3) is 0 Å². The van der Waals surface area contributed by atoms with Gasteiger partial charge in [-0.2, -0.15) is 0 Å². The zero-order valence-corrected chi connectivity index (χ0v) is 14.1. The number of carbonyl (C=O) groups is 1. The minimum Gasteiger partial charge on any atom is -0.507 e. The van der Waals surface area contributed by atoms with E-state index in [1.165, 1.54) is 11.8 Å². The van der Waals surface area contributed by atoms with Crippen LogP contribution in [0.4, 0.5) is 0 Å². The maximum atomic E-state index is 12.2. The van der Waals surface area contributed by atoms with E-state index < -0.39 is 10.7 Å². The van der Waals surface area contributed by atoms with Crippen LogP contribution < -0.4 is 0 Å². The van der Waals surface area contributed by atoms with E-state index in [1.54, 1.807) is 24.3 Å². The normalized spacial score (nSPS) is 13.5. The molecule has 2 N–H and O–H groups in total. The van der Waals surface area contributed by atoms with Gasteiger partial charge in [0, 0.05) is 0 Å². The van der Waals surface area contributed by atoms with Gasteiger partial charge in [0.15, 0.2) is 0 Å². The molecule has 24 heavy (non-hydrogen) atoms. The van der Waals surface area contributed by atoms with Gasteiger partial charge in [0.2, 0.25) is 0 Å². The van der Waals surface area contributed by atoms with Gasteiger partial charge in [0.05, 0.1) is 4.90 Å². The van der Waals surface area contributed by atoms with E-state index in [0.717, 1.165) is 16.3 Å². The number of phenolic OH excluding ortho intramolecular Hbond substituents is 1. The maximum absolute atomic E-state index is 12.2. The zero-order chi connectivity index (χ0) is 17.2. The topological polar surface area (TPSA) is 57.5 Å². The average Bonchev–Trinajstić information content (AvgIpc) is 2.60. The Morgan fingerprint density at radius 2 is 1.67 bits per heavy atom. The van der Waals surface area contributed by atoms with Crippen molar-refractivity contribution in [2.75, 3.05) is 0 Å². The molecule has 0 heterocycles. The molecule has 0 aromatic heterocycles. The van der Waals surface area contributed by atoms with E-state index in [9.17, 15) is 15.0 Å². The molecule has 3 rings (SSSR count). The molecule has 0 radical (unpaired) electrons. The molecule has 0 saturated heterocycles. The summed E-state index contributed by atoms with van der Waals surface area (Å²) >= 11 is 1.18. The van der Waals surface area contributed by atoms with Crippen LogP contribution >= 0.6 is 11.8 Å². The number of hydrogen-bond acceptors (Lipinski definition) is 3. The second-order valence-corrected chi connectivity index (χ2v) is 6.96. The summed E-state index contributed by atoms with van der Waals surface area (Å²) in [7, 11) is 0. The quantitative estimate of drug-likeness (QED) is 0.641. The smallest absolute Gasteiger partial charge is 0.324 e. The van der Waals surface area contributed by atoms with Gasteiger partial charge in [0.1, 0.15) is 10.5 Å². The molecular formula is C20H18O3S. The number of carboxylic acid groups (broad SMARTS) is 1. The number of thioether (sulfide) groups is 1. The highest BCUT2D eigenvalue weighted by Crippen LogP contribution is 2.47. The maximum Gasteiger partial charge on any atom is 0.324 e. The Morgan fingerprint density at radius 3 is 2.33 bits per heavy atom. The Morgan fingerprint density at radius 1 is 1.00 bits per heavy atom. The molecule has 1 unspecified atom stereocenters. The predicted octanol–water partition coefficient (Wildman–Crippen LogP) is 5.03. The van der Waals surface area contributed by atoms with Gasteiger partial charge in [-0.25, -0.2) is 0 Å². The van der Waals surface area contributed by atoms with Crippen LogP contribution in [0.15, 0.2) is 71.6 Å². The summed E-state index contributed by atoms with van der Waals surface area (Å²) in [5, 5.41) is 22.1. The molecule has 122 valence electrons. The molecule has 4 heteroatoms. The van der Waals surface area contributed by atoms with E-state index in [0.29, 0.717) is 11.3 Å². The van der Waals surface area contributed by atoms with Crippen molar-refractivity contribution in [3.8, 4) is 5.75 Å². The second-order valence-electron chi connectivity index (χ2n) is 5.62. The first-order chi connectivity index (χ1) is 11.6. The minimum absolute atomic E-state index is 0.0994. The van der Waals surface area contributed by atoms with Crippen molar-refractivity contribution in [2.45, 2.75) is 23.0 Å². The summed E-state index contributed by atoms with van der Waals surface area (Å²) in [5.74, 6) is -0.809. The summed E-state index contributed by atoms with van der Waals surface area (Å²) in [5.41, 5.74) is 0.726. The Labute approximate surface area is 145 Å². The fourth-order valence-corrected chi connectivity index (χ4v) is 4.00. The lowest BCUT2D eigenvalue weighted by Crippen LogP contribution is -2.31. The summed E-state index contributed by atoms with van der Waals surface area (Å²) in [6, 6.07) is 20.5. The lowest BCUT2D eigenvalue weighted by Gasteiger charge is -2.28. The number of fused-ring (bicyclic) bond motifs is 1. The van der Waals surface area contributed by atoms with Crippen molar-refractivity contribution in [3.63, 3.8) is 0 Å². The SMILES string of the molecule is CCC(Sc1ccccc1O)(C(=O)O)c1ccc2ccccc2c1. The first-order valence-corrected chi connectivity index (χ1v) is 8.58. The predicted molar refractivity (Wildman–Crippen MR) is 97.5 cm³/mol. The molecular weight excluding hydrogens is 320 g/mol. The third-order valence-electron chi connectivity index (χ3n) is 4.21. The Kier molecular flexibility index (Phi) is 4.49. The molecule has 3 aromatic rings. The number of phenols is 1. The van der Waals surface area contributed by atoms with Gasteiger partial charge in [-0.1, -0.05) is 67.2 Å². The van der Waals surface area contributed by atoms with E-state index in [4.69, 9.17) is 0 Å². The fraction of sp³-hybridized carbons (Fsp3) is 0.150. The number of carboxylic acids is 1. The van der Waals surface area contributed by atoms with Crippen LogP contribution in [0.1, 0.15) is 18.9 Å². The lowest BCUT2D eigenvalue weighted by molar-refractivity contribution is -0.140. The van der Waals surface area contributed by atoms with Crippen molar-refractivity contribution in [1.82, 2.24) is 0 Å². The molecule has 3 aromatic carbocycles. The summed E-state index contributed by atoms with van der Waals surface area (Å²) in [6.07, 6.45) is 0.402. The Balaban J connectivity index is 2.13. The molecule has 0 bridgehead atoms. The van der Waals surface area contributed by atoms with Gasteiger partial charge in [-0.3, -0.25) is 4.79 Å². The Hall–Kier alpha value is -2.46. The summed E-state index contributed by atoms with van der Waals surface area (Å²) in [6.45, 7) is 1.86. The van der Waals surface area contributed by atoms with Crippen molar-refractivity contribution < 1.29 is 15.0 Å². The van der Waals surface area contributed by atoms with Crippen LogP contribution in [0.2, 0.25) is 0 Å². The molecule has 0 spiro atoms. The first kappa shape index (κ1) is 16.4. The Bertz CT molecular complexity index is 891. The van der Waals surface area contributed by atoms with Gasteiger partial charge in [-0.05, 0) is 41.0 Å². The van der Waals surface area contributed by atoms with E-state index >= 15 is 0 Å². The van der Waals surface area contributed by atoms with Crippen LogP contribution in [0.25, 0.3) is 10.8 Å². The van der Waals surface area contributed by atoms with Crippen LogP contribution in [-0.4, -0.2) is 16.2 Å². The number of aliphatic carboxylic acids is 1. The third-order valence-corrected chi connectivity index (χ3v) is 5.82. The first-order valence-electron chi connectivity index (χ1n) is 7.76. The van der Waals surface area contributed by atoms with Gasteiger partial charge >= 0.3 is 5.97 Å². The van der Waals surface area contributed by atoms with Crippen LogP contribution in [0, 0.1) is 0 Å². The summed E-state index contributed by atoms with van der Waals surface area (Å²) in [4.78, 5) is 12.8. The standard InChI is InChI=1S/C20H18O3S/c1-2-20(19(22)23,24-18-10-6-5-9-17(18)21)16-12-11-14-7-3-4-8-15(14)13-16/h3-13,21H,2H2,1H3,(H,22,23). The average molecular weight is 338 g/mol. The number of hydrogen-bond donors (Lipinski definition) is 2. The highest BCUT2D eigenvalue weighted by Gasteiger charge is 2.40. The fourth-order valence-electron chi connectivity index (χ4n) is 2.83. The highest BCUT2D eigenvalue weighted by atomic mass is 32.2. The molecule has 0 amide bonds. The van der Waals surface area contributed by atoms with E-state index in [1.807, 2.05) is 49.4 Å². The molecule has 0 fully saturated rings. The highest BCUT2D eigenvalue weighted by molar-refractivity contribution is 8.01. The largest absolute Gasteiger partial charge is 0.507 e. The van der Waals surface area contributed by atoms with E-state index in [2.05, 4.69) is 0 Å². The molecule has 3 nitrogen and oxygen atoms in total. The second kappa shape index (κ2) is 6.57. The number of rotatable bonds is 5. The minimum atomic E-state index is -1.15. The van der Waals surface area contributed by atoms with Crippen LogP contribution in [0.5, 0.6) is 5.75 Å². The summed E-state index contributed by atoms with van der Waals surface area (Å²) < 4.78 is -1.15. The third kappa shape index (κ3) is 2.85. The number of para-hydroxylation sites is 1. The van der Waals surface area contributed by atoms with Crippen molar-refractivity contribution in [3.05, 3.63) is 72.3 Å². The molecule has 0 aliphatic rings. The van der Waals surface area contributed by atoms with Crippen LogP contribution in [-0.2, 0) is 9.54 Å². The van der Waals surface area contributed by atoms with Crippen molar-refractivity contribution in [2.24, 2.45) is 0 Å².